The summed E-state index contributed by atoms with van der Waals surface area (Å²) in [5.41, 5.74) is 13.7. The Morgan fingerprint density at radius 3 is 2.58 bits per heavy atom. The molecule has 0 aliphatic carbocycles. The van der Waals surface area contributed by atoms with Gasteiger partial charge in [-0.3, -0.25) is 10.1 Å². The molecular weight excluding hydrogens is 434 g/mol. The molecule has 156 valence electrons. The van der Waals surface area contributed by atoms with Crippen molar-refractivity contribution in [3.63, 3.8) is 0 Å². The molecule has 10 heteroatoms. The summed E-state index contributed by atoms with van der Waals surface area (Å²) in [7, 11) is 0. The minimum absolute atomic E-state index is 0.240. The summed E-state index contributed by atoms with van der Waals surface area (Å²) < 4.78 is 5.27. The summed E-state index contributed by atoms with van der Waals surface area (Å²) in [4.78, 5) is 33.9. The number of fused-ring (bicyclic) bond motifs is 1. The first-order valence-corrected chi connectivity index (χ1v) is 11.1. The average Bonchev–Trinajstić information content (AvgIpc) is 3.10. The summed E-state index contributed by atoms with van der Waals surface area (Å²) >= 11 is 2.50. The third kappa shape index (κ3) is 4.30. The number of aromatic nitrogens is 2. The second-order valence-corrected chi connectivity index (χ2v) is 8.13. The van der Waals surface area contributed by atoms with E-state index in [1.54, 1.807) is 42.5 Å². The lowest BCUT2D eigenvalue weighted by Crippen LogP contribution is -2.16. The van der Waals surface area contributed by atoms with Crippen molar-refractivity contribution in [1.82, 2.24) is 9.97 Å². The molecule has 2 aromatic carbocycles. The average molecular weight is 452 g/mol. The van der Waals surface area contributed by atoms with Gasteiger partial charge >= 0.3 is 6.09 Å². The van der Waals surface area contributed by atoms with Crippen LogP contribution in [-0.4, -0.2) is 28.2 Å². The molecule has 2 aromatic heterocycles. The Labute approximate surface area is 185 Å². The van der Waals surface area contributed by atoms with Crippen LogP contribution in [0.15, 0.2) is 59.8 Å². The van der Waals surface area contributed by atoms with Gasteiger partial charge in [-0.25, -0.2) is 14.8 Å². The second-order valence-electron chi connectivity index (χ2n) is 6.36. The van der Waals surface area contributed by atoms with Gasteiger partial charge in [-0.2, -0.15) is 0 Å². The Balaban J connectivity index is 1.71. The Hall–Kier alpha value is -3.63. The van der Waals surface area contributed by atoms with Crippen LogP contribution in [0.4, 0.5) is 16.2 Å². The summed E-state index contributed by atoms with van der Waals surface area (Å²) in [6.45, 7) is 0. The van der Waals surface area contributed by atoms with Gasteiger partial charge in [0, 0.05) is 11.3 Å². The third-order valence-electron chi connectivity index (χ3n) is 4.31. The Morgan fingerprint density at radius 2 is 1.87 bits per heavy atom. The molecule has 0 fully saturated rings. The van der Waals surface area contributed by atoms with Crippen molar-refractivity contribution in [1.29, 1.82) is 0 Å². The van der Waals surface area contributed by atoms with Crippen LogP contribution >= 0.6 is 23.1 Å². The number of thiophene rings is 1. The number of ether oxygens (including phenoxy) is 1. The lowest BCUT2D eigenvalue weighted by Gasteiger charge is -2.10. The number of nitrogens with zero attached hydrogens (tertiary/aromatic N) is 2. The number of primary amides is 1. The zero-order valence-corrected chi connectivity index (χ0v) is 17.9. The van der Waals surface area contributed by atoms with E-state index >= 15 is 0 Å². The molecule has 2 amide bonds. The van der Waals surface area contributed by atoms with E-state index in [4.69, 9.17) is 16.2 Å². The monoisotopic (exact) mass is 451 g/mol. The quantitative estimate of drug-likeness (QED) is 0.303. The highest BCUT2D eigenvalue weighted by Gasteiger charge is 2.21. The Morgan fingerprint density at radius 1 is 1.10 bits per heavy atom. The molecule has 0 saturated heterocycles. The molecule has 4 aromatic rings. The summed E-state index contributed by atoms with van der Waals surface area (Å²) in [5, 5.41) is 3.79. The van der Waals surface area contributed by atoms with Gasteiger partial charge in [-0.15, -0.1) is 11.3 Å². The summed E-state index contributed by atoms with van der Waals surface area (Å²) in [6, 6.07) is 15.9. The first-order chi connectivity index (χ1) is 15.0. The number of benzene rings is 2. The third-order valence-corrected chi connectivity index (χ3v) is 5.97. The summed E-state index contributed by atoms with van der Waals surface area (Å²) in [5.74, 6) is -0.181. The molecule has 2 heterocycles. The van der Waals surface area contributed by atoms with Crippen LogP contribution in [-0.2, 0) is 0 Å². The van der Waals surface area contributed by atoms with Crippen molar-refractivity contribution in [3.05, 3.63) is 59.5 Å². The van der Waals surface area contributed by atoms with Gasteiger partial charge in [0.05, 0.1) is 16.8 Å². The largest absolute Gasteiger partial charge is 0.417 e. The molecule has 0 aliphatic rings. The first-order valence-electron chi connectivity index (χ1n) is 9.04. The van der Waals surface area contributed by atoms with Gasteiger partial charge in [0.2, 0.25) is 0 Å². The van der Waals surface area contributed by atoms with Crippen LogP contribution in [0.25, 0.3) is 21.5 Å². The fourth-order valence-electron chi connectivity index (χ4n) is 2.97. The highest BCUT2D eigenvalue weighted by Crippen LogP contribution is 2.39. The molecular formula is C21H17N5O3S2. The van der Waals surface area contributed by atoms with Crippen molar-refractivity contribution in [2.24, 2.45) is 5.73 Å². The lowest BCUT2D eigenvalue weighted by atomic mass is 10.1. The number of hydrogen-bond acceptors (Lipinski definition) is 8. The van der Waals surface area contributed by atoms with E-state index in [1.165, 1.54) is 11.8 Å². The van der Waals surface area contributed by atoms with Gasteiger partial charge in [0.15, 0.2) is 5.16 Å². The van der Waals surface area contributed by atoms with Gasteiger partial charge in [0.1, 0.15) is 15.5 Å². The molecule has 0 radical (unpaired) electrons. The Bertz CT molecular complexity index is 1290. The zero-order chi connectivity index (χ0) is 22.0. The molecule has 0 spiro atoms. The van der Waals surface area contributed by atoms with Crippen molar-refractivity contribution in [2.75, 3.05) is 17.3 Å². The van der Waals surface area contributed by atoms with Gasteiger partial charge in [-0.05, 0) is 30.5 Å². The zero-order valence-electron chi connectivity index (χ0n) is 16.3. The van der Waals surface area contributed by atoms with E-state index in [0.717, 1.165) is 11.3 Å². The number of para-hydroxylation sites is 1. The van der Waals surface area contributed by atoms with Crippen LogP contribution < -0.4 is 21.5 Å². The fourth-order valence-corrected chi connectivity index (χ4v) is 4.34. The van der Waals surface area contributed by atoms with Crippen molar-refractivity contribution >= 4 is 56.7 Å². The number of nitrogens with one attached hydrogen (secondary N) is 1. The first kappa shape index (κ1) is 20.6. The standard InChI is InChI=1S/C21H17N5O3S2/c1-30-20-25-16(14-15(22)17(18(23)27)31-19(14)26-20)11-6-5-7-12(10-11)24-21(28)29-13-8-3-2-4-9-13/h2-10H,22H2,1H3,(H2,23,27)(H,24,28). The Kier molecular flexibility index (Phi) is 5.74. The van der Waals surface area contributed by atoms with Crippen LogP contribution in [0.2, 0.25) is 0 Å². The van der Waals surface area contributed by atoms with Crippen LogP contribution in [0, 0.1) is 0 Å². The normalized spacial score (nSPS) is 10.7. The van der Waals surface area contributed by atoms with Crippen LogP contribution in [0.3, 0.4) is 0 Å². The molecule has 0 aliphatic heterocycles. The van der Waals surface area contributed by atoms with Crippen LogP contribution in [0.1, 0.15) is 9.67 Å². The van der Waals surface area contributed by atoms with Crippen molar-refractivity contribution < 1.29 is 14.3 Å². The van der Waals surface area contributed by atoms with Crippen LogP contribution in [0.5, 0.6) is 5.75 Å². The van der Waals surface area contributed by atoms with E-state index in [-0.39, 0.29) is 10.6 Å². The smallest absolute Gasteiger partial charge is 0.410 e. The van der Waals surface area contributed by atoms with Gasteiger partial charge < -0.3 is 16.2 Å². The van der Waals surface area contributed by atoms with E-state index in [2.05, 4.69) is 15.3 Å². The van der Waals surface area contributed by atoms with Gasteiger partial charge in [-0.1, -0.05) is 42.1 Å². The minimum Gasteiger partial charge on any atom is -0.410 e. The maximum Gasteiger partial charge on any atom is 0.417 e. The van der Waals surface area contributed by atoms with Crippen molar-refractivity contribution in [2.45, 2.75) is 5.16 Å². The molecule has 31 heavy (non-hydrogen) atoms. The van der Waals surface area contributed by atoms with E-state index in [1.807, 2.05) is 18.4 Å². The number of nitrogen functional groups attached to an aromatic ring is 1. The number of carbonyl (C=O) groups is 2. The lowest BCUT2D eigenvalue weighted by molar-refractivity contribution is 0.100. The molecule has 0 unspecified atom stereocenters. The maximum atomic E-state index is 12.2. The number of nitrogens with two attached hydrogens (primary N) is 2. The topological polar surface area (TPSA) is 133 Å². The number of thioether (sulfide) groups is 1. The fraction of sp³-hybridized carbons (Fsp3) is 0.0476. The molecule has 0 atom stereocenters. The predicted molar refractivity (Wildman–Crippen MR) is 124 cm³/mol. The number of amides is 2. The number of anilines is 2. The second kappa shape index (κ2) is 8.62. The number of carbonyl (C=O) groups excluding carboxylic acids is 2. The van der Waals surface area contributed by atoms with Gasteiger partial charge in [0.25, 0.3) is 5.91 Å². The highest BCUT2D eigenvalue weighted by atomic mass is 32.2. The maximum absolute atomic E-state index is 12.2. The van der Waals surface area contributed by atoms with Crippen molar-refractivity contribution in [3.8, 4) is 17.0 Å². The SMILES string of the molecule is CSc1nc(-c2cccc(NC(=O)Oc3ccccc3)c2)c2c(N)c(C(N)=O)sc2n1. The molecule has 4 rings (SSSR count). The molecule has 0 bridgehead atoms. The van der Waals surface area contributed by atoms with E-state index in [9.17, 15) is 9.59 Å². The highest BCUT2D eigenvalue weighted by molar-refractivity contribution is 7.98. The number of hydrogen-bond donors (Lipinski definition) is 3. The molecule has 8 nitrogen and oxygen atoms in total. The predicted octanol–water partition coefficient (Wildman–Crippen LogP) is 4.37. The van der Waals surface area contributed by atoms with E-state index in [0.29, 0.717) is 38.1 Å². The number of rotatable bonds is 5. The molecule has 0 saturated carbocycles. The van der Waals surface area contributed by atoms with E-state index < -0.39 is 12.0 Å². The molecule has 5 N–H and O–H groups in total. The summed E-state index contributed by atoms with van der Waals surface area (Å²) in [6.07, 6.45) is 1.24. The minimum atomic E-state index is -0.618.